The first-order valence-corrected chi connectivity index (χ1v) is 27.0. The molecule has 5 aliphatic heterocycles. The van der Waals surface area contributed by atoms with Gasteiger partial charge in [0, 0.05) is 68.7 Å². The van der Waals surface area contributed by atoms with Gasteiger partial charge in [0.05, 0.1) is 35.8 Å². The maximum absolute atomic E-state index is 14.7. The molecule has 3 unspecified atom stereocenters. The van der Waals surface area contributed by atoms with E-state index >= 15 is 0 Å². The van der Waals surface area contributed by atoms with Crippen LogP contribution in [-0.4, -0.2) is 119 Å². The third-order valence-electron chi connectivity index (χ3n) is 13.3. The number of alkyl carbamates (subject to hydrolysis) is 1. The molecule has 5 aliphatic rings. The van der Waals surface area contributed by atoms with Gasteiger partial charge < -0.3 is 43.8 Å². The average molecular weight is 1070 g/mol. The number of carbonyl (C=O) groups is 7. The highest BCUT2D eigenvalue weighted by Crippen LogP contribution is 2.51. The average Bonchev–Trinajstić information content (AvgIpc) is 3.63. The molecule has 0 saturated carbocycles. The Bertz CT molecular complexity index is 2500. The zero-order valence-corrected chi connectivity index (χ0v) is 45.4. The number of amides is 5. The van der Waals surface area contributed by atoms with Gasteiger partial charge in [-0.15, -0.1) is 5.06 Å². The molecule has 73 heavy (non-hydrogen) atoms. The molecule has 0 aliphatic carbocycles. The van der Waals surface area contributed by atoms with E-state index in [9.17, 15) is 38.7 Å². The van der Waals surface area contributed by atoms with Gasteiger partial charge in [0.2, 0.25) is 11.8 Å². The number of anilines is 2. The number of hydrogen-bond acceptors (Lipinski definition) is 16. The highest BCUT2D eigenvalue weighted by atomic mass is 35.5. The van der Waals surface area contributed by atoms with Crippen molar-refractivity contribution < 1.29 is 67.2 Å². The number of benzene rings is 2. The second kappa shape index (κ2) is 24.0. The number of nitrogens with zero attached hydrogens (tertiary/aromatic N) is 2. The molecule has 3 saturated heterocycles. The predicted molar refractivity (Wildman–Crippen MR) is 277 cm³/mol. The van der Waals surface area contributed by atoms with Gasteiger partial charge in [-0.1, -0.05) is 90.8 Å². The number of imide groups is 1. The lowest BCUT2D eigenvalue weighted by atomic mass is 9.72. The number of rotatable bonds is 16. The molecule has 6 bridgehead atoms. The molecule has 7 rings (SSSR count). The SMILES string of the molecule is COc1cc2cc(c1-c1ccc(NC(=O)CCC(C)SSC(C)CCC(=O)ON3C(=O)CCC3=O)c(Cl)c1)N(C)C(=O)C[C@H](OC(=O)C(C)C)[C@@]1(C)CC(C)(O1)[C@@H]1C[C@@](O)(NC(=O)O1)[C@H](OC)/C=C/C=C(\C)C2. The first-order valence-electron chi connectivity index (χ1n) is 24.3. The number of carbonyl (C=O) groups excluding carboxylic acids is 7. The van der Waals surface area contributed by atoms with Crippen molar-refractivity contribution in [1.29, 1.82) is 0 Å². The molecular formula is C52H67ClN4O14S2. The molecule has 5 heterocycles. The molecule has 0 aromatic heterocycles. The number of ether oxygens (including phenoxy) is 5. The van der Waals surface area contributed by atoms with Crippen molar-refractivity contribution in [3.63, 3.8) is 0 Å². The molecule has 18 nitrogen and oxygen atoms in total. The van der Waals surface area contributed by atoms with E-state index in [0.717, 1.165) is 11.1 Å². The van der Waals surface area contributed by atoms with Gasteiger partial charge in [-0.05, 0) is 75.4 Å². The van der Waals surface area contributed by atoms with Gasteiger partial charge in [0.15, 0.2) is 5.72 Å². The third-order valence-corrected chi connectivity index (χ3v) is 17.2. The highest BCUT2D eigenvalue weighted by molar-refractivity contribution is 8.77. The van der Waals surface area contributed by atoms with Crippen molar-refractivity contribution in [1.82, 2.24) is 10.4 Å². The number of hydroxylamine groups is 2. The first-order chi connectivity index (χ1) is 34.4. The zero-order valence-electron chi connectivity index (χ0n) is 43.0. The summed E-state index contributed by atoms with van der Waals surface area (Å²) in [6, 6.07) is 8.91. The van der Waals surface area contributed by atoms with Crippen molar-refractivity contribution in [2.75, 3.05) is 31.5 Å². The molecular weight excluding hydrogens is 1000 g/mol. The monoisotopic (exact) mass is 1070 g/mol. The fourth-order valence-corrected chi connectivity index (χ4v) is 12.0. The van der Waals surface area contributed by atoms with Crippen LogP contribution in [0.1, 0.15) is 112 Å². The van der Waals surface area contributed by atoms with Crippen LogP contribution in [0.25, 0.3) is 11.1 Å². The molecule has 2 aromatic rings. The lowest BCUT2D eigenvalue weighted by Crippen LogP contribution is -2.72. The Hall–Kier alpha value is -5.12. The summed E-state index contributed by atoms with van der Waals surface area (Å²) in [5.41, 5.74) is -0.559. The van der Waals surface area contributed by atoms with Crippen LogP contribution in [0, 0.1) is 5.92 Å². The minimum absolute atomic E-state index is 0.0342. The molecule has 8 atom stereocenters. The lowest BCUT2D eigenvalue weighted by molar-refractivity contribution is -0.328. The Kier molecular flexibility index (Phi) is 18.8. The van der Waals surface area contributed by atoms with Crippen molar-refractivity contribution in [2.45, 2.75) is 158 Å². The van der Waals surface area contributed by atoms with E-state index in [1.54, 1.807) is 86.7 Å². The van der Waals surface area contributed by atoms with E-state index < -0.39 is 76.9 Å². The van der Waals surface area contributed by atoms with Gasteiger partial charge in [-0.25, -0.2) is 9.59 Å². The van der Waals surface area contributed by atoms with E-state index in [0.29, 0.717) is 52.6 Å². The van der Waals surface area contributed by atoms with Crippen molar-refractivity contribution >= 4 is 86.2 Å². The van der Waals surface area contributed by atoms with Crippen LogP contribution in [0.2, 0.25) is 5.02 Å². The van der Waals surface area contributed by atoms with Gasteiger partial charge in [-0.3, -0.25) is 29.3 Å². The third kappa shape index (κ3) is 14.0. The van der Waals surface area contributed by atoms with Crippen LogP contribution in [0.15, 0.2) is 54.1 Å². The van der Waals surface area contributed by atoms with Gasteiger partial charge in [0.25, 0.3) is 11.8 Å². The summed E-state index contributed by atoms with van der Waals surface area (Å²) < 4.78 is 30.1. The minimum atomic E-state index is -1.87. The normalized spacial score (nSPS) is 27.5. The Morgan fingerprint density at radius 1 is 0.959 bits per heavy atom. The largest absolute Gasteiger partial charge is 0.496 e. The van der Waals surface area contributed by atoms with Crippen molar-refractivity contribution in [3.8, 4) is 16.9 Å². The Morgan fingerprint density at radius 3 is 2.23 bits per heavy atom. The Morgan fingerprint density at radius 2 is 1.62 bits per heavy atom. The summed E-state index contributed by atoms with van der Waals surface area (Å²) in [6.45, 7) is 12.8. The summed E-state index contributed by atoms with van der Waals surface area (Å²) in [5.74, 6) is -2.96. The predicted octanol–water partition coefficient (Wildman–Crippen LogP) is 8.40. The van der Waals surface area contributed by atoms with E-state index in [1.807, 2.05) is 39.0 Å². The van der Waals surface area contributed by atoms with Crippen LogP contribution in [0.4, 0.5) is 16.2 Å². The number of fused-ring (bicyclic) bond motifs is 6. The maximum atomic E-state index is 14.7. The number of allylic oxidation sites excluding steroid dienone is 3. The summed E-state index contributed by atoms with van der Waals surface area (Å²) in [6.07, 6.45) is 2.96. The fraction of sp³-hybridized carbons (Fsp3) is 0.558. The molecule has 0 spiro atoms. The molecule has 5 amide bonds. The topological polar surface area (TPSA) is 226 Å². The van der Waals surface area contributed by atoms with Gasteiger partial charge in [-0.2, -0.15) is 0 Å². The number of methoxy groups -OCH3 is 2. The van der Waals surface area contributed by atoms with Crippen LogP contribution >= 0.6 is 33.2 Å². The number of aliphatic hydroxyl groups is 1. The van der Waals surface area contributed by atoms with Crippen molar-refractivity contribution in [3.05, 3.63) is 64.7 Å². The summed E-state index contributed by atoms with van der Waals surface area (Å²) in [4.78, 5) is 96.4. The lowest BCUT2D eigenvalue weighted by Gasteiger charge is -2.59. The smallest absolute Gasteiger partial charge is 0.409 e. The molecule has 0 radical (unpaired) electrons. The molecule has 3 N–H and O–H groups in total. The Balaban J connectivity index is 1.21. The van der Waals surface area contributed by atoms with E-state index in [-0.39, 0.29) is 66.4 Å². The summed E-state index contributed by atoms with van der Waals surface area (Å²) >= 11 is 6.92. The van der Waals surface area contributed by atoms with E-state index in [2.05, 4.69) is 10.6 Å². The zero-order chi connectivity index (χ0) is 53.6. The van der Waals surface area contributed by atoms with Crippen LogP contribution in [-0.2, 0) is 59.0 Å². The molecule has 3 fully saturated rings. The second-order valence-electron chi connectivity index (χ2n) is 19.9. The maximum Gasteiger partial charge on any atom is 0.409 e. The number of esters is 1. The number of hydrogen-bond donors (Lipinski definition) is 3. The number of halogens is 1. The van der Waals surface area contributed by atoms with E-state index in [4.69, 9.17) is 40.1 Å². The molecule has 398 valence electrons. The van der Waals surface area contributed by atoms with Gasteiger partial charge >= 0.3 is 18.0 Å². The van der Waals surface area contributed by atoms with E-state index in [1.165, 1.54) is 19.1 Å². The first kappa shape index (κ1) is 57.2. The quantitative estimate of drug-likeness (QED) is 0.0815. The second-order valence-corrected chi connectivity index (χ2v) is 23.4. The fourth-order valence-electron chi connectivity index (χ4n) is 9.25. The highest BCUT2D eigenvalue weighted by Gasteiger charge is 2.63. The number of nitrogens with one attached hydrogen (secondary N) is 2. The molecule has 2 aromatic carbocycles. The van der Waals surface area contributed by atoms with Crippen LogP contribution in [0.5, 0.6) is 5.75 Å². The Labute approximate surface area is 439 Å². The van der Waals surface area contributed by atoms with Crippen molar-refractivity contribution in [2.24, 2.45) is 5.92 Å². The standard InChI is InChI=1S/C52H67ClN4O14S2/c1-29(2)48(63)68-40-26-45(61)56(8)37-23-33(22-30(3)12-11-13-39(67-10)52(65)27-41(69-49(64)55-52)51(7)28-50(40,6)71-51)24-38(66-9)47(37)34-16-17-36(35(53)25-34)54-42(58)18-14-31(4)72-73-32(5)15-21-46(62)70-57-43(59)19-20-44(57)60/h11-13,16-17,23-25,29,31-32,39-41,65H,14-15,18-22,26-28H2,1-10H3,(H,54,58)(H,55,64)/b13-11+,30-12+/t31?,32?,39-,40+,41+,50-,51?,52+/m1/s1. The van der Waals surface area contributed by atoms with Crippen LogP contribution in [0.3, 0.4) is 0 Å². The summed E-state index contributed by atoms with van der Waals surface area (Å²) in [7, 11) is 7.75. The minimum Gasteiger partial charge on any atom is -0.496 e. The molecule has 21 heteroatoms. The summed E-state index contributed by atoms with van der Waals surface area (Å²) in [5, 5.41) is 18.2. The van der Waals surface area contributed by atoms with Gasteiger partial charge in [0.1, 0.15) is 35.3 Å². The van der Waals surface area contributed by atoms with Crippen LogP contribution < -0.4 is 20.3 Å².